The van der Waals surface area contributed by atoms with Crippen LogP contribution < -0.4 is 0 Å². The quantitative estimate of drug-likeness (QED) is 0.719. The molecule has 2 aliphatic rings. The van der Waals surface area contributed by atoms with Crippen molar-refractivity contribution in [3.8, 4) is 6.07 Å². The first kappa shape index (κ1) is 11.9. The Morgan fingerprint density at radius 1 is 1.38 bits per heavy atom. The molecule has 2 atom stereocenters. The van der Waals surface area contributed by atoms with Crippen molar-refractivity contribution in [1.29, 1.82) is 5.26 Å². The topological polar surface area (TPSA) is 36.3 Å². The Balaban J connectivity index is 1.87. The lowest BCUT2D eigenvalue weighted by Gasteiger charge is -2.33. The van der Waals surface area contributed by atoms with Gasteiger partial charge in [0.1, 0.15) is 0 Å². The van der Waals surface area contributed by atoms with E-state index in [1.165, 1.54) is 12.8 Å². The minimum Gasteiger partial charge on any atom is -0.371 e. The summed E-state index contributed by atoms with van der Waals surface area (Å²) < 4.78 is 5.99. The third kappa shape index (κ3) is 2.75. The molecule has 0 aromatic carbocycles. The molecule has 16 heavy (non-hydrogen) atoms. The third-order valence-corrected chi connectivity index (χ3v) is 3.75. The van der Waals surface area contributed by atoms with Crippen LogP contribution in [-0.2, 0) is 4.74 Å². The van der Waals surface area contributed by atoms with Gasteiger partial charge in [-0.15, -0.1) is 0 Å². The second-order valence-corrected chi connectivity index (χ2v) is 5.67. The summed E-state index contributed by atoms with van der Waals surface area (Å²) in [5.41, 5.74) is 0.0442. The predicted octanol–water partition coefficient (Wildman–Crippen LogP) is 2.32. The monoisotopic (exact) mass is 222 g/mol. The Kier molecular flexibility index (Phi) is 3.51. The molecule has 0 amide bonds. The Morgan fingerprint density at radius 3 is 2.81 bits per heavy atom. The molecule has 0 aliphatic carbocycles. The third-order valence-electron chi connectivity index (χ3n) is 3.75. The number of hydrogen-bond donors (Lipinski definition) is 0. The zero-order chi connectivity index (χ0) is 11.6. The van der Waals surface area contributed by atoms with Gasteiger partial charge in [-0.05, 0) is 52.5 Å². The Labute approximate surface area is 98.4 Å². The summed E-state index contributed by atoms with van der Waals surface area (Å²) in [6.45, 7) is 6.33. The average Bonchev–Trinajstić information content (AvgIpc) is 2.59. The van der Waals surface area contributed by atoms with Crippen LogP contribution in [0.25, 0.3) is 0 Å². The maximum absolute atomic E-state index is 9.11. The van der Waals surface area contributed by atoms with Gasteiger partial charge in [-0.2, -0.15) is 5.26 Å². The molecule has 2 heterocycles. The molecule has 2 fully saturated rings. The van der Waals surface area contributed by atoms with Gasteiger partial charge in [-0.1, -0.05) is 0 Å². The summed E-state index contributed by atoms with van der Waals surface area (Å²) in [5, 5.41) is 9.11. The van der Waals surface area contributed by atoms with Crippen molar-refractivity contribution in [2.45, 2.75) is 63.7 Å². The van der Waals surface area contributed by atoms with Crippen LogP contribution >= 0.6 is 0 Å². The van der Waals surface area contributed by atoms with Crippen molar-refractivity contribution in [3.63, 3.8) is 0 Å². The minimum atomic E-state index is 0.0442. The SMILES string of the molecule is CC1(C)CCC(CN2CCCCC2C#N)O1. The van der Waals surface area contributed by atoms with Crippen molar-refractivity contribution >= 4 is 0 Å². The number of nitrogens with zero attached hydrogens (tertiary/aromatic N) is 2. The molecule has 0 aromatic heterocycles. The minimum absolute atomic E-state index is 0.0442. The van der Waals surface area contributed by atoms with Crippen molar-refractivity contribution in [2.24, 2.45) is 0 Å². The second kappa shape index (κ2) is 4.73. The summed E-state index contributed by atoms with van der Waals surface area (Å²) in [4.78, 5) is 2.32. The van der Waals surface area contributed by atoms with Crippen LogP contribution in [0.4, 0.5) is 0 Å². The summed E-state index contributed by atoms with van der Waals surface area (Å²) in [6, 6.07) is 2.55. The molecule has 2 aliphatic heterocycles. The van der Waals surface area contributed by atoms with E-state index in [4.69, 9.17) is 10.00 Å². The van der Waals surface area contributed by atoms with Gasteiger partial charge >= 0.3 is 0 Å². The molecule has 0 saturated carbocycles. The fourth-order valence-electron chi connectivity index (χ4n) is 2.82. The first-order valence-corrected chi connectivity index (χ1v) is 6.42. The fraction of sp³-hybridized carbons (Fsp3) is 0.923. The molecular formula is C13H22N2O. The molecular weight excluding hydrogens is 200 g/mol. The highest BCUT2D eigenvalue weighted by molar-refractivity contribution is 4.95. The highest BCUT2D eigenvalue weighted by Gasteiger charge is 2.34. The zero-order valence-electron chi connectivity index (χ0n) is 10.4. The van der Waals surface area contributed by atoms with Crippen LogP contribution in [0, 0.1) is 11.3 Å². The number of nitriles is 1. The van der Waals surface area contributed by atoms with E-state index in [0.717, 1.165) is 32.4 Å². The molecule has 90 valence electrons. The summed E-state index contributed by atoms with van der Waals surface area (Å²) in [6.07, 6.45) is 6.08. The lowest BCUT2D eigenvalue weighted by molar-refractivity contribution is -0.0338. The van der Waals surface area contributed by atoms with Gasteiger partial charge in [0, 0.05) is 6.54 Å². The van der Waals surface area contributed by atoms with E-state index < -0.39 is 0 Å². The van der Waals surface area contributed by atoms with E-state index in [2.05, 4.69) is 24.8 Å². The lowest BCUT2D eigenvalue weighted by Crippen LogP contribution is -2.43. The van der Waals surface area contributed by atoms with Gasteiger partial charge in [0.05, 0.1) is 23.8 Å². The van der Waals surface area contributed by atoms with E-state index in [0.29, 0.717) is 6.10 Å². The van der Waals surface area contributed by atoms with Gasteiger partial charge < -0.3 is 4.74 Å². The number of hydrogen-bond acceptors (Lipinski definition) is 3. The van der Waals surface area contributed by atoms with E-state index in [1.807, 2.05) is 0 Å². The van der Waals surface area contributed by atoms with Crippen LogP contribution in [0.2, 0.25) is 0 Å². The van der Waals surface area contributed by atoms with Gasteiger partial charge in [-0.3, -0.25) is 4.90 Å². The average molecular weight is 222 g/mol. The molecule has 3 heteroatoms. The van der Waals surface area contributed by atoms with Crippen molar-refractivity contribution in [3.05, 3.63) is 0 Å². The van der Waals surface area contributed by atoms with Crippen molar-refractivity contribution in [1.82, 2.24) is 4.90 Å². The Bertz CT molecular complexity index is 282. The highest BCUT2D eigenvalue weighted by Crippen LogP contribution is 2.30. The molecule has 2 rings (SSSR count). The summed E-state index contributed by atoms with van der Waals surface area (Å²) in [5.74, 6) is 0. The second-order valence-electron chi connectivity index (χ2n) is 5.67. The van der Waals surface area contributed by atoms with Crippen molar-refractivity contribution < 1.29 is 4.74 Å². The van der Waals surface area contributed by atoms with Crippen LogP contribution in [0.3, 0.4) is 0 Å². The van der Waals surface area contributed by atoms with Crippen LogP contribution in [0.1, 0.15) is 46.0 Å². The summed E-state index contributed by atoms with van der Waals surface area (Å²) >= 11 is 0. The van der Waals surface area contributed by atoms with E-state index >= 15 is 0 Å². The molecule has 3 nitrogen and oxygen atoms in total. The first-order chi connectivity index (χ1) is 7.61. The van der Waals surface area contributed by atoms with Gasteiger partial charge in [0.2, 0.25) is 0 Å². The predicted molar refractivity (Wildman–Crippen MR) is 63.0 cm³/mol. The molecule has 2 saturated heterocycles. The summed E-state index contributed by atoms with van der Waals surface area (Å²) in [7, 11) is 0. The fourth-order valence-corrected chi connectivity index (χ4v) is 2.82. The molecule has 0 radical (unpaired) electrons. The highest BCUT2D eigenvalue weighted by atomic mass is 16.5. The molecule has 0 N–H and O–H groups in total. The number of likely N-dealkylation sites (tertiary alicyclic amines) is 1. The van der Waals surface area contributed by atoms with E-state index in [1.54, 1.807) is 0 Å². The maximum Gasteiger partial charge on any atom is 0.0978 e. The van der Waals surface area contributed by atoms with Gasteiger partial charge in [0.15, 0.2) is 0 Å². The van der Waals surface area contributed by atoms with Gasteiger partial charge in [-0.25, -0.2) is 0 Å². The normalized spacial score (nSPS) is 34.8. The molecule has 0 spiro atoms. The smallest absolute Gasteiger partial charge is 0.0978 e. The largest absolute Gasteiger partial charge is 0.371 e. The standard InChI is InChI=1S/C13H22N2O/c1-13(2)7-6-12(16-13)10-15-8-4-3-5-11(15)9-14/h11-12H,3-8,10H2,1-2H3. The maximum atomic E-state index is 9.11. The van der Waals surface area contributed by atoms with Gasteiger partial charge in [0.25, 0.3) is 0 Å². The van der Waals surface area contributed by atoms with E-state index in [9.17, 15) is 0 Å². The molecule has 2 unspecified atom stereocenters. The number of ether oxygens (including phenoxy) is 1. The van der Waals surface area contributed by atoms with E-state index in [-0.39, 0.29) is 11.6 Å². The Hall–Kier alpha value is -0.590. The van der Waals surface area contributed by atoms with Crippen molar-refractivity contribution in [2.75, 3.05) is 13.1 Å². The van der Waals surface area contributed by atoms with Crippen LogP contribution in [0.15, 0.2) is 0 Å². The van der Waals surface area contributed by atoms with Crippen LogP contribution in [-0.4, -0.2) is 35.7 Å². The van der Waals surface area contributed by atoms with Crippen LogP contribution in [0.5, 0.6) is 0 Å². The molecule has 0 bridgehead atoms. The number of rotatable bonds is 2. The lowest BCUT2D eigenvalue weighted by atomic mass is 10.0. The first-order valence-electron chi connectivity index (χ1n) is 6.42. The number of piperidine rings is 1. The zero-order valence-corrected chi connectivity index (χ0v) is 10.4. The molecule has 0 aromatic rings. The Morgan fingerprint density at radius 2 is 2.19 bits per heavy atom.